The number of hydrogen-bond acceptors (Lipinski definition) is 5. The Kier molecular flexibility index (Phi) is 6.69. The Hall–Kier alpha value is -3.79. The first-order chi connectivity index (χ1) is 17.4. The molecule has 0 radical (unpaired) electrons. The first kappa shape index (κ1) is 23.9. The van der Waals surface area contributed by atoms with Gasteiger partial charge >= 0.3 is 6.18 Å². The molecule has 0 unspecified atom stereocenters. The van der Waals surface area contributed by atoms with E-state index in [0.717, 1.165) is 54.7 Å². The van der Waals surface area contributed by atoms with Crippen LogP contribution in [0.25, 0.3) is 22.0 Å². The number of alkyl halides is 3. The number of amides is 1. The maximum Gasteiger partial charge on any atom is 0.433 e. The van der Waals surface area contributed by atoms with Crippen molar-refractivity contribution in [2.45, 2.75) is 38.4 Å². The first-order valence-electron chi connectivity index (χ1n) is 11.9. The number of H-pyrrole nitrogens is 1. The quantitative estimate of drug-likeness (QED) is 0.374. The molecule has 4 aromatic rings. The van der Waals surface area contributed by atoms with Crippen LogP contribution >= 0.6 is 0 Å². The van der Waals surface area contributed by atoms with Gasteiger partial charge in [0, 0.05) is 29.9 Å². The third-order valence-electron chi connectivity index (χ3n) is 6.32. The number of halogens is 3. The summed E-state index contributed by atoms with van der Waals surface area (Å²) < 4.78 is 38.2. The highest BCUT2D eigenvalue weighted by Crippen LogP contribution is 2.29. The molecule has 0 atom stereocenters. The van der Waals surface area contributed by atoms with Gasteiger partial charge in [-0.25, -0.2) is 4.98 Å². The second-order valence-corrected chi connectivity index (χ2v) is 8.99. The number of nitrogens with one attached hydrogen (secondary N) is 2. The summed E-state index contributed by atoms with van der Waals surface area (Å²) in [4.78, 5) is 23.1. The molecule has 4 heterocycles. The van der Waals surface area contributed by atoms with Crippen LogP contribution < -0.4 is 5.32 Å². The number of hydrogen-bond donors (Lipinski definition) is 2. The van der Waals surface area contributed by atoms with Crippen molar-refractivity contribution in [3.8, 4) is 11.1 Å². The molecule has 5 rings (SSSR count). The Labute approximate surface area is 205 Å². The summed E-state index contributed by atoms with van der Waals surface area (Å²) >= 11 is 0. The molecule has 0 saturated carbocycles. The van der Waals surface area contributed by atoms with E-state index in [1.165, 1.54) is 25.7 Å². The average molecular weight is 495 g/mol. The maximum atomic E-state index is 12.9. The minimum absolute atomic E-state index is 0.139. The van der Waals surface area contributed by atoms with Gasteiger partial charge in [0.25, 0.3) is 5.91 Å². The molecular formula is C26H25F3N6O. The number of benzene rings is 1. The largest absolute Gasteiger partial charge is 0.433 e. The molecule has 0 spiro atoms. The van der Waals surface area contributed by atoms with Crippen molar-refractivity contribution in [1.29, 1.82) is 0 Å². The second kappa shape index (κ2) is 10.1. The Morgan fingerprint density at radius 2 is 1.78 bits per heavy atom. The van der Waals surface area contributed by atoms with Crippen LogP contribution in [0.1, 0.15) is 47.4 Å². The van der Waals surface area contributed by atoms with Crippen LogP contribution in [0, 0.1) is 0 Å². The number of carbonyl (C=O) groups is 1. The first-order valence-corrected chi connectivity index (χ1v) is 11.9. The standard InChI is InChI=1S/C26H25F3N6O/c27-26(28,29)23-8-6-20(15-31-23)32-25(36)24-21-12-18(5-7-22(21)33-34-24)19-11-17(13-30-14-19)16-35-9-3-1-2-4-10-35/h5-8,11-15H,1-4,9-10,16H2,(H,32,36)(H,33,34). The van der Waals surface area contributed by atoms with Gasteiger partial charge in [-0.15, -0.1) is 0 Å². The van der Waals surface area contributed by atoms with Crippen molar-refractivity contribution in [2.24, 2.45) is 0 Å². The van der Waals surface area contributed by atoms with Crippen LogP contribution in [-0.4, -0.2) is 44.1 Å². The smallest absolute Gasteiger partial charge is 0.319 e. The van der Waals surface area contributed by atoms with Crippen molar-refractivity contribution < 1.29 is 18.0 Å². The van der Waals surface area contributed by atoms with E-state index in [2.05, 4.69) is 36.4 Å². The average Bonchev–Trinajstić information content (AvgIpc) is 3.12. The second-order valence-electron chi connectivity index (χ2n) is 8.99. The molecule has 2 N–H and O–H groups in total. The summed E-state index contributed by atoms with van der Waals surface area (Å²) in [6, 6.07) is 9.75. The summed E-state index contributed by atoms with van der Waals surface area (Å²) in [6.45, 7) is 3.04. The zero-order chi connectivity index (χ0) is 25.1. The Morgan fingerprint density at radius 1 is 0.972 bits per heavy atom. The highest BCUT2D eigenvalue weighted by atomic mass is 19.4. The van der Waals surface area contributed by atoms with Gasteiger partial charge in [0.15, 0.2) is 5.69 Å². The van der Waals surface area contributed by atoms with Crippen LogP contribution in [-0.2, 0) is 12.7 Å². The lowest BCUT2D eigenvalue weighted by Gasteiger charge is -2.19. The summed E-state index contributed by atoms with van der Waals surface area (Å²) in [7, 11) is 0. The fourth-order valence-corrected chi connectivity index (χ4v) is 4.48. The number of rotatable bonds is 5. The minimum Gasteiger partial charge on any atom is -0.319 e. The lowest BCUT2D eigenvalue weighted by molar-refractivity contribution is -0.141. The van der Waals surface area contributed by atoms with E-state index in [1.54, 1.807) is 6.20 Å². The lowest BCUT2D eigenvalue weighted by Crippen LogP contribution is -2.24. The predicted octanol–water partition coefficient (Wildman–Crippen LogP) is 5.67. The van der Waals surface area contributed by atoms with Crippen LogP contribution in [0.5, 0.6) is 0 Å². The number of pyridine rings is 2. The van der Waals surface area contributed by atoms with E-state index >= 15 is 0 Å². The van der Waals surface area contributed by atoms with Crippen molar-refractivity contribution in [2.75, 3.05) is 18.4 Å². The van der Waals surface area contributed by atoms with E-state index in [-0.39, 0.29) is 11.4 Å². The van der Waals surface area contributed by atoms with Gasteiger partial charge in [0.2, 0.25) is 0 Å². The zero-order valence-corrected chi connectivity index (χ0v) is 19.5. The van der Waals surface area contributed by atoms with Crippen LogP contribution in [0.3, 0.4) is 0 Å². The number of carbonyl (C=O) groups excluding carboxylic acids is 1. The molecule has 1 aliphatic rings. The molecule has 1 aromatic carbocycles. The summed E-state index contributed by atoms with van der Waals surface area (Å²) in [5.74, 6) is -0.548. The summed E-state index contributed by atoms with van der Waals surface area (Å²) in [5, 5.41) is 10.1. The Bertz CT molecular complexity index is 1360. The molecule has 1 saturated heterocycles. The molecule has 1 amide bonds. The Balaban J connectivity index is 1.36. The fraction of sp³-hybridized carbons (Fsp3) is 0.308. The predicted molar refractivity (Wildman–Crippen MR) is 130 cm³/mol. The molecule has 3 aromatic heterocycles. The highest BCUT2D eigenvalue weighted by Gasteiger charge is 2.32. The van der Waals surface area contributed by atoms with E-state index in [4.69, 9.17) is 0 Å². The molecule has 0 bridgehead atoms. The van der Waals surface area contributed by atoms with Gasteiger partial charge < -0.3 is 5.32 Å². The van der Waals surface area contributed by atoms with Crippen molar-refractivity contribution >= 4 is 22.5 Å². The van der Waals surface area contributed by atoms with Crippen LogP contribution in [0.4, 0.5) is 18.9 Å². The Morgan fingerprint density at radius 3 is 2.50 bits per heavy atom. The third kappa shape index (κ3) is 5.38. The van der Waals surface area contributed by atoms with Crippen molar-refractivity contribution in [1.82, 2.24) is 25.1 Å². The van der Waals surface area contributed by atoms with Gasteiger partial charge in [-0.05, 0) is 67.4 Å². The van der Waals surface area contributed by atoms with E-state index < -0.39 is 17.8 Å². The van der Waals surface area contributed by atoms with Gasteiger partial charge in [-0.3, -0.25) is 19.8 Å². The SMILES string of the molecule is O=C(Nc1ccc(C(F)(F)F)nc1)c1n[nH]c2ccc(-c3cncc(CN4CCCCCC4)c3)cc12. The third-order valence-corrected chi connectivity index (χ3v) is 6.32. The van der Waals surface area contributed by atoms with E-state index in [9.17, 15) is 18.0 Å². The van der Waals surface area contributed by atoms with Gasteiger partial charge in [0.1, 0.15) is 5.69 Å². The van der Waals surface area contributed by atoms with Crippen LogP contribution in [0.2, 0.25) is 0 Å². The van der Waals surface area contributed by atoms with Crippen molar-refractivity contribution in [3.63, 3.8) is 0 Å². The number of likely N-dealkylation sites (tertiary alicyclic amines) is 1. The monoisotopic (exact) mass is 494 g/mol. The molecule has 10 heteroatoms. The number of anilines is 1. The number of nitrogens with zero attached hydrogens (tertiary/aromatic N) is 4. The number of aromatic amines is 1. The minimum atomic E-state index is -4.55. The molecule has 7 nitrogen and oxygen atoms in total. The van der Waals surface area contributed by atoms with E-state index in [1.807, 2.05) is 24.4 Å². The van der Waals surface area contributed by atoms with Gasteiger partial charge in [-0.2, -0.15) is 18.3 Å². The molecule has 1 fully saturated rings. The molecule has 36 heavy (non-hydrogen) atoms. The maximum absolute atomic E-state index is 12.9. The molecule has 0 aliphatic carbocycles. The molecular weight excluding hydrogens is 469 g/mol. The summed E-state index contributed by atoms with van der Waals surface area (Å²) in [6.07, 6.45) is 5.12. The number of fused-ring (bicyclic) bond motifs is 1. The summed E-state index contributed by atoms with van der Waals surface area (Å²) in [5.41, 5.74) is 2.88. The van der Waals surface area contributed by atoms with Gasteiger partial charge in [0.05, 0.1) is 17.4 Å². The molecule has 1 aliphatic heterocycles. The van der Waals surface area contributed by atoms with Gasteiger partial charge in [-0.1, -0.05) is 18.9 Å². The number of aromatic nitrogens is 4. The van der Waals surface area contributed by atoms with Crippen molar-refractivity contribution in [3.05, 3.63) is 71.9 Å². The lowest BCUT2D eigenvalue weighted by atomic mass is 10.0. The fourth-order valence-electron chi connectivity index (χ4n) is 4.48. The topological polar surface area (TPSA) is 86.8 Å². The van der Waals surface area contributed by atoms with E-state index in [0.29, 0.717) is 10.9 Å². The normalized spacial score (nSPS) is 15.1. The van der Waals surface area contributed by atoms with Crippen LogP contribution in [0.15, 0.2) is 55.0 Å². The zero-order valence-electron chi connectivity index (χ0n) is 19.5. The molecule has 186 valence electrons. The highest BCUT2D eigenvalue weighted by molar-refractivity contribution is 6.11.